The summed E-state index contributed by atoms with van der Waals surface area (Å²) < 4.78 is 13.1. The van der Waals surface area contributed by atoms with Crippen LogP contribution in [0.4, 0.5) is 10.2 Å². The highest BCUT2D eigenvalue weighted by Crippen LogP contribution is 2.20. The number of aryl methyl sites for hydroxylation is 1. The summed E-state index contributed by atoms with van der Waals surface area (Å²) in [5.74, 6) is 0.182. The Kier molecular flexibility index (Phi) is 4.43. The zero-order valence-corrected chi connectivity index (χ0v) is 13.4. The van der Waals surface area contributed by atoms with Gasteiger partial charge in [0.25, 0.3) is 5.91 Å². The molecule has 0 atom stereocenters. The Bertz CT molecular complexity index is 715. The van der Waals surface area contributed by atoms with Crippen molar-refractivity contribution in [2.24, 2.45) is 0 Å². The first-order chi connectivity index (χ1) is 11.0. The smallest absolute Gasteiger partial charge is 0.255 e. The molecule has 23 heavy (non-hydrogen) atoms. The monoisotopic (exact) mass is 334 g/mol. The van der Waals surface area contributed by atoms with Crippen LogP contribution in [0.15, 0.2) is 30.3 Å². The molecule has 1 aromatic heterocycles. The Morgan fingerprint density at radius 3 is 2.48 bits per heavy atom. The van der Waals surface area contributed by atoms with Gasteiger partial charge in [0.15, 0.2) is 5.82 Å². The number of carbonyl (C=O) groups excluding carboxylic acids is 1. The molecule has 1 saturated heterocycles. The van der Waals surface area contributed by atoms with Gasteiger partial charge in [-0.15, -0.1) is 5.10 Å². The standard InChI is InChI=1S/C16H16ClFN4O/c1-11-2-5-15(20-19-11)21-6-8-22(9-7-21)16(23)13-4-3-12(18)10-14(13)17/h2-5,10H,6-9H2,1H3. The van der Waals surface area contributed by atoms with Crippen LogP contribution in [-0.4, -0.2) is 47.2 Å². The molecule has 5 nitrogen and oxygen atoms in total. The summed E-state index contributed by atoms with van der Waals surface area (Å²) in [5.41, 5.74) is 1.20. The Morgan fingerprint density at radius 2 is 1.87 bits per heavy atom. The number of benzene rings is 1. The second kappa shape index (κ2) is 6.50. The predicted octanol–water partition coefficient (Wildman–Crippen LogP) is 2.54. The molecular formula is C16H16ClFN4O. The van der Waals surface area contributed by atoms with E-state index in [1.165, 1.54) is 12.1 Å². The summed E-state index contributed by atoms with van der Waals surface area (Å²) in [5, 5.41) is 8.35. The number of carbonyl (C=O) groups is 1. The van der Waals surface area contributed by atoms with Crippen LogP contribution in [-0.2, 0) is 0 Å². The largest absolute Gasteiger partial charge is 0.352 e. The minimum absolute atomic E-state index is 0.141. The van der Waals surface area contributed by atoms with Gasteiger partial charge < -0.3 is 9.80 Å². The minimum atomic E-state index is -0.450. The summed E-state index contributed by atoms with van der Waals surface area (Å²) in [6.07, 6.45) is 0. The van der Waals surface area contributed by atoms with Gasteiger partial charge in [-0.3, -0.25) is 4.79 Å². The van der Waals surface area contributed by atoms with Gasteiger partial charge in [-0.2, -0.15) is 5.10 Å². The van der Waals surface area contributed by atoms with Crippen LogP contribution >= 0.6 is 11.6 Å². The summed E-state index contributed by atoms with van der Waals surface area (Å²) >= 11 is 5.97. The lowest BCUT2D eigenvalue weighted by atomic mass is 10.1. The van der Waals surface area contributed by atoms with E-state index in [0.29, 0.717) is 31.7 Å². The summed E-state index contributed by atoms with van der Waals surface area (Å²) in [7, 11) is 0. The zero-order chi connectivity index (χ0) is 16.4. The van der Waals surface area contributed by atoms with Crippen molar-refractivity contribution >= 4 is 23.3 Å². The van der Waals surface area contributed by atoms with Crippen LogP contribution in [0, 0.1) is 12.7 Å². The number of nitrogens with zero attached hydrogens (tertiary/aromatic N) is 4. The van der Waals surface area contributed by atoms with E-state index < -0.39 is 5.82 Å². The molecular weight excluding hydrogens is 319 g/mol. The zero-order valence-electron chi connectivity index (χ0n) is 12.7. The Balaban J connectivity index is 1.66. The van der Waals surface area contributed by atoms with Crippen molar-refractivity contribution in [2.45, 2.75) is 6.92 Å². The maximum absolute atomic E-state index is 13.1. The molecule has 0 radical (unpaired) electrons. The van der Waals surface area contributed by atoms with Gasteiger partial charge in [-0.25, -0.2) is 4.39 Å². The van der Waals surface area contributed by atoms with Crippen LogP contribution in [0.2, 0.25) is 5.02 Å². The van der Waals surface area contributed by atoms with Gasteiger partial charge >= 0.3 is 0 Å². The molecule has 1 aromatic carbocycles. The first kappa shape index (κ1) is 15.7. The summed E-state index contributed by atoms with van der Waals surface area (Å²) in [4.78, 5) is 16.3. The third-order valence-electron chi connectivity index (χ3n) is 3.84. The molecule has 2 heterocycles. The average Bonchev–Trinajstić information content (AvgIpc) is 2.55. The van der Waals surface area contributed by atoms with E-state index >= 15 is 0 Å². The van der Waals surface area contributed by atoms with Crippen molar-refractivity contribution in [3.63, 3.8) is 0 Å². The fraction of sp³-hybridized carbons (Fsp3) is 0.312. The molecule has 0 saturated carbocycles. The van der Waals surface area contributed by atoms with Crippen LogP contribution in [0.5, 0.6) is 0 Å². The topological polar surface area (TPSA) is 49.3 Å². The maximum Gasteiger partial charge on any atom is 0.255 e. The van der Waals surface area contributed by atoms with Crippen molar-refractivity contribution in [3.8, 4) is 0 Å². The maximum atomic E-state index is 13.1. The number of hydrogen-bond donors (Lipinski definition) is 0. The molecule has 0 aliphatic carbocycles. The number of hydrogen-bond acceptors (Lipinski definition) is 4. The van der Waals surface area contributed by atoms with Gasteiger partial charge in [0.1, 0.15) is 5.82 Å². The number of rotatable bonds is 2. The quantitative estimate of drug-likeness (QED) is 0.847. The molecule has 1 fully saturated rings. The lowest BCUT2D eigenvalue weighted by Crippen LogP contribution is -2.49. The number of piperazine rings is 1. The molecule has 0 N–H and O–H groups in total. The van der Waals surface area contributed by atoms with Gasteiger partial charge in [0.2, 0.25) is 0 Å². The van der Waals surface area contributed by atoms with Gasteiger partial charge in [-0.1, -0.05) is 11.6 Å². The molecule has 2 aromatic rings. The molecule has 0 spiro atoms. The lowest BCUT2D eigenvalue weighted by molar-refractivity contribution is 0.0746. The van der Waals surface area contributed by atoms with E-state index in [4.69, 9.17) is 11.6 Å². The molecule has 1 aliphatic heterocycles. The van der Waals surface area contributed by atoms with Crippen molar-refractivity contribution in [1.82, 2.24) is 15.1 Å². The van der Waals surface area contributed by atoms with E-state index in [9.17, 15) is 9.18 Å². The molecule has 3 rings (SSSR count). The lowest BCUT2D eigenvalue weighted by Gasteiger charge is -2.35. The molecule has 1 aliphatic rings. The van der Waals surface area contributed by atoms with Crippen molar-refractivity contribution in [2.75, 3.05) is 31.1 Å². The van der Waals surface area contributed by atoms with Crippen molar-refractivity contribution in [3.05, 3.63) is 52.4 Å². The van der Waals surface area contributed by atoms with Gasteiger partial charge in [-0.05, 0) is 37.3 Å². The first-order valence-corrected chi connectivity index (χ1v) is 7.72. The highest BCUT2D eigenvalue weighted by molar-refractivity contribution is 6.33. The molecule has 1 amide bonds. The van der Waals surface area contributed by atoms with Crippen molar-refractivity contribution in [1.29, 1.82) is 0 Å². The highest BCUT2D eigenvalue weighted by atomic mass is 35.5. The second-order valence-corrected chi connectivity index (χ2v) is 5.84. The van der Waals surface area contributed by atoms with E-state index in [1.807, 2.05) is 19.1 Å². The molecule has 0 bridgehead atoms. The first-order valence-electron chi connectivity index (χ1n) is 7.34. The fourth-order valence-electron chi connectivity index (χ4n) is 2.53. The van der Waals surface area contributed by atoms with E-state index in [2.05, 4.69) is 15.1 Å². The third kappa shape index (κ3) is 3.42. The summed E-state index contributed by atoms with van der Waals surface area (Å²) in [6.45, 7) is 4.34. The SMILES string of the molecule is Cc1ccc(N2CCN(C(=O)c3ccc(F)cc3Cl)CC2)nn1. The number of aromatic nitrogens is 2. The van der Waals surface area contributed by atoms with Crippen LogP contribution in [0.25, 0.3) is 0 Å². The normalized spacial score (nSPS) is 14.9. The molecule has 7 heteroatoms. The second-order valence-electron chi connectivity index (χ2n) is 5.44. The van der Waals surface area contributed by atoms with E-state index in [1.54, 1.807) is 4.90 Å². The molecule has 120 valence electrons. The van der Waals surface area contributed by atoms with E-state index in [-0.39, 0.29) is 10.9 Å². The highest BCUT2D eigenvalue weighted by Gasteiger charge is 2.24. The summed E-state index contributed by atoms with van der Waals surface area (Å²) in [6, 6.07) is 7.68. The average molecular weight is 335 g/mol. The molecule has 0 unspecified atom stereocenters. The number of anilines is 1. The Hall–Kier alpha value is -2.21. The van der Waals surface area contributed by atoms with Crippen molar-refractivity contribution < 1.29 is 9.18 Å². The van der Waals surface area contributed by atoms with Crippen LogP contribution < -0.4 is 4.90 Å². The Labute approximate surface area is 138 Å². The minimum Gasteiger partial charge on any atom is -0.352 e. The van der Waals surface area contributed by atoms with E-state index in [0.717, 1.165) is 17.6 Å². The van der Waals surface area contributed by atoms with Gasteiger partial charge in [0, 0.05) is 26.2 Å². The fourth-order valence-corrected chi connectivity index (χ4v) is 2.78. The van der Waals surface area contributed by atoms with Crippen LogP contribution in [0.3, 0.4) is 0 Å². The van der Waals surface area contributed by atoms with Gasteiger partial charge in [0.05, 0.1) is 16.3 Å². The number of amides is 1. The number of halogens is 2. The predicted molar refractivity (Wildman–Crippen MR) is 86.3 cm³/mol. The van der Waals surface area contributed by atoms with Crippen LogP contribution in [0.1, 0.15) is 16.1 Å². The Morgan fingerprint density at radius 1 is 1.13 bits per heavy atom. The third-order valence-corrected chi connectivity index (χ3v) is 4.15.